The molecule has 1 aliphatic heterocycles. The van der Waals surface area contributed by atoms with Gasteiger partial charge in [-0.25, -0.2) is 14.8 Å². The lowest BCUT2D eigenvalue weighted by molar-refractivity contribution is 0.0956. The second-order valence-electron chi connectivity index (χ2n) is 7.55. The second kappa shape index (κ2) is 9.48. The first-order valence-electron chi connectivity index (χ1n) is 10.6. The summed E-state index contributed by atoms with van der Waals surface area (Å²) in [6, 6.07) is 19.2. The molecule has 1 amide bonds. The van der Waals surface area contributed by atoms with E-state index >= 15 is 0 Å². The molecule has 1 fully saturated rings. The van der Waals surface area contributed by atoms with Gasteiger partial charge in [0, 0.05) is 28.9 Å². The van der Waals surface area contributed by atoms with Gasteiger partial charge in [0.05, 0.1) is 41.2 Å². The zero-order valence-corrected chi connectivity index (χ0v) is 18.5. The Labute approximate surface area is 194 Å². The Balaban J connectivity index is 1.37. The van der Waals surface area contributed by atoms with Gasteiger partial charge in [0.2, 0.25) is 0 Å². The minimum atomic E-state index is -0.335. The van der Waals surface area contributed by atoms with Gasteiger partial charge in [-0.05, 0) is 48.5 Å². The topological polar surface area (TPSA) is 66.8 Å². The fourth-order valence-corrected chi connectivity index (χ4v) is 4.64. The lowest BCUT2D eigenvalue weighted by Crippen LogP contribution is -2.35. The molecule has 0 saturated carbocycles. The maximum Gasteiger partial charge on any atom is 0.272 e. The quantitative estimate of drug-likeness (QED) is 0.346. The molecule has 3 heterocycles. The molecule has 0 aliphatic carbocycles. The average Bonchev–Trinajstić information content (AvgIpc) is 3.33. The predicted octanol–water partition coefficient (Wildman–Crippen LogP) is 4.70. The lowest BCUT2D eigenvalue weighted by atomic mass is 10.0. The van der Waals surface area contributed by atoms with Crippen LogP contribution in [0, 0.1) is 5.82 Å². The number of anilines is 1. The van der Waals surface area contributed by atoms with Gasteiger partial charge in [-0.1, -0.05) is 18.2 Å². The number of nitrogens with zero attached hydrogens (tertiary/aromatic N) is 3. The van der Waals surface area contributed by atoms with Crippen LogP contribution in [0.5, 0.6) is 0 Å². The average molecular weight is 461 g/mol. The van der Waals surface area contributed by atoms with Crippen molar-refractivity contribution < 1.29 is 13.9 Å². The van der Waals surface area contributed by atoms with Crippen molar-refractivity contribution >= 4 is 39.4 Å². The summed E-state index contributed by atoms with van der Waals surface area (Å²) in [4.78, 5) is 20.9. The molecular formula is C25H21FN4O2S. The Kier molecular flexibility index (Phi) is 6.10. The molecule has 1 saturated heterocycles. The molecule has 5 rings (SSSR count). The van der Waals surface area contributed by atoms with Crippen LogP contribution in [0.1, 0.15) is 15.2 Å². The fraction of sp³-hybridized carbons (Fsp3) is 0.160. The Morgan fingerprint density at radius 2 is 1.88 bits per heavy atom. The van der Waals surface area contributed by atoms with E-state index in [1.54, 1.807) is 35.8 Å². The number of amides is 1. The number of rotatable bonds is 5. The summed E-state index contributed by atoms with van der Waals surface area (Å²) in [6.45, 7) is 3.22. The van der Waals surface area contributed by atoms with Gasteiger partial charge in [-0.15, -0.1) is 11.3 Å². The number of hydrogen-bond acceptors (Lipinski definition) is 6. The van der Waals surface area contributed by atoms with Gasteiger partial charge in [-0.2, -0.15) is 5.10 Å². The maximum atomic E-state index is 13.3. The van der Waals surface area contributed by atoms with E-state index in [4.69, 9.17) is 4.74 Å². The zero-order chi connectivity index (χ0) is 22.6. The van der Waals surface area contributed by atoms with E-state index in [9.17, 15) is 9.18 Å². The van der Waals surface area contributed by atoms with Gasteiger partial charge in [-0.3, -0.25) is 4.79 Å². The number of nitrogens with one attached hydrogen (secondary N) is 1. The number of carbonyl (C=O) groups excluding carboxylic acids is 1. The number of ether oxygens (including phenoxy) is 1. The van der Waals surface area contributed by atoms with E-state index in [1.807, 2.05) is 30.3 Å². The summed E-state index contributed by atoms with van der Waals surface area (Å²) in [5.74, 6) is -0.657. The van der Waals surface area contributed by atoms with E-state index in [2.05, 4.69) is 26.5 Å². The highest BCUT2D eigenvalue weighted by molar-refractivity contribution is 7.17. The number of hydrogen-bond donors (Lipinski definition) is 1. The second-order valence-corrected chi connectivity index (χ2v) is 8.65. The Bertz CT molecular complexity index is 1310. The van der Waals surface area contributed by atoms with Gasteiger partial charge < -0.3 is 9.64 Å². The highest BCUT2D eigenvalue weighted by Crippen LogP contribution is 2.26. The third-order valence-corrected chi connectivity index (χ3v) is 6.47. The number of hydrazone groups is 1. The van der Waals surface area contributed by atoms with Gasteiger partial charge in [0.1, 0.15) is 5.82 Å². The molecule has 8 heteroatoms. The Morgan fingerprint density at radius 1 is 1.09 bits per heavy atom. The highest BCUT2D eigenvalue weighted by Gasteiger charge is 2.15. The monoisotopic (exact) mass is 460 g/mol. The van der Waals surface area contributed by atoms with Crippen LogP contribution in [0.4, 0.5) is 9.39 Å². The number of pyridine rings is 1. The van der Waals surface area contributed by atoms with Crippen LogP contribution >= 0.6 is 11.3 Å². The number of carbonyl (C=O) groups is 1. The van der Waals surface area contributed by atoms with Crippen LogP contribution in [0.3, 0.4) is 0 Å². The van der Waals surface area contributed by atoms with Gasteiger partial charge in [0.15, 0.2) is 0 Å². The number of fused-ring (bicyclic) bond motifs is 1. The lowest BCUT2D eigenvalue weighted by Gasteiger charge is -2.27. The van der Waals surface area contributed by atoms with Crippen molar-refractivity contribution in [3.8, 4) is 11.3 Å². The molecule has 0 radical (unpaired) electrons. The summed E-state index contributed by atoms with van der Waals surface area (Å²) in [6.07, 6.45) is 1.65. The number of halogens is 1. The van der Waals surface area contributed by atoms with E-state index < -0.39 is 0 Å². The summed E-state index contributed by atoms with van der Waals surface area (Å²) >= 11 is 1.62. The summed E-state index contributed by atoms with van der Waals surface area (Å²) in [5, 5.41) is 6.06. The SMILES string of the molecule is O=C(N/N=C\c1ccc(N2CCOCC2)s1)c1cc(-c2ccc(F)cc2)nc2ccccc12. The first-order valence-corrected chi connectivity index (χ1v) is 11.4. The van der Waals surface area contributed by atoms with Crippen molar-refractivity contribution in [3.63, 3.8) is 0 Å². The standard InChI is InChI=1S/C25H21FN4O2S/c26-18-7-5-17(6-8-18)23-15-21(20-3-1-2-4-22(20)28-23)25(31)29-27-16-19-9-10-24(33-19)30-11-13-32-14-12-30/h1-10,15-16H,11-14H2,(H,29,31)/b27-16-. The van der Waals surface area contributed by atoms with Crippen molar-refractivity contribution in [1.29, 1.82) is 0 Å². The largest absolute Gasteiger partial charge is 0.378 e. The summed E-state index contributed by atoms with van der Waals surface area (Å²) in [7, 11) is 0. The van der Waals surface area contributed by atoms with E-state index in [1.165, 1.54) is 12.1 Å². The van der Waals surface area contributed by atoms with Crippen molar-refractivity contribution in [1.82, 2.24) is 10.4 Å². The third kappa shape index (κ3) is 4.76. The highest BCUT2D eigenvalue weighted by atomic mass is 32.1. The Hall–Kier alpha value is -3.62. The molecule has 1 N–H and O–H groups in total. The van der Waals surface area contributed by atoms with Crippen molar-refractivity contribution in [3.05, 3.63) is 83.0 Å². The zero-order valence-electron chi connectivity index (χ0n) is 17.7. The Morgan fingerprint density at radius 3 is 2.70 bits per heavy atom. The molecule has 4 aromatic rings. The maximum absolute atomic E-state index is 13.3. The van der Waals surface area contributed by atoms with Crippen LogP contribution in [-0.2, 0) is 4.74 Å². The van der Waals surface area contributed by atoms with Gasteiger partial charge >= 0.3 is 0 Å². The smallest absolute Gasteiger partial charge is 0.272 e. The fourth-order valence-electron chi connectivity index (χ4n) is 3.71. The first kappa shape index (κ1) is 21.2. The van der Waals surface area contributed by atoms with Gasteiger partial charge in [0.25, 0.3) is 5.91 Å². The number of morpholine rings is 1. The van der Waals surface area contributed by atoms with E-state index in [0.717, 1.165) is 47.1 Å². The van der Waals surface area contributed by atoms with Crippen LogP contribution in [0.25, 0.3) is 22.2 Å². The van der Waals surface area contributed by atoms with Crippen LogP contribution in [0.15, 0.2) is 71.8 Å². The molecule has 2 aromatic heterocycles. The molecule has 0 spiro atoms. The third-order valence-electron chi connectivity index (χ3n) is 5.39. The number of para-hydroxylation sites is 1. The molecule has 166 valence electrons. The molecular weight excluding hydrogens is 439 g/mol. The van der Waals surface area contributed by atoms with Crippen LogP contribution in [-0.4, -0.2) is 43.4 Å². The number of aromatic nitrogens is 1. The molecule has 33 heavy (non-hydrogen) atoms. The minimum absolute atomic E-state index is 0.322. The van der Waals surface area contributed by atoms with Crippen LogP contribution < -0.4 is 10.3 Å². The summed E-state index contributed by atoms with van der Waals surface area (Å²) in [5.41, 5.74) is 5.09. The number of benzene rings is 2. The van der Waals surface area contributed by atoms with Crippen molar-refractivity contribution in [2.24, 2.45) is 5.10 Å². The summed E-state index contributed by atoms with van der Waals surface area (Å²) < 4.78 is 18.7. The molecule has 0 unspecified atom stereocenters. The molecule has 0 atom stereocenters. The molecule has 6 nitrogen and oxygen atoms in total. The van der Waals surface area contributed by atoms with Crippen molar-refractivity contribution in [2.45, 2.75) is 0 Å². The minimum Gasteiger partial charge on any atom is -0.378 e. The van der Waals surface area contributed by atoms with E-state index in [0.29, 0.717) is 16.8 Å². The first-order chi connectivity index (χ1) is 16.2. The van der Waals surface area contributed by atoms with E-state index in [-0.39, 0.29) is 11.7 Å². The number of thiophene rings is 1. The van der Waals surface area contributed by atoms with Crippen molar-refractivity contribution in [2.75, 3.05) is 31.2 Å². The van der Waals surface area contributed by atoms with Crippen LogP contribution in [0.2, 0.25) is 0 Å². The molecule has 0 bridgehead atoms. The predicted molar refractivity (Wildman–Crippen MR) is 130 cm³/mol. The molecule has 1 aliphatic rings. The normalized spacial score (nSPS) is 14.2. The molecule has 2 aromatic carbocycles.